The van der Waals surface area contributed by atoms with E-state index in [1.807, 2.05) is 32.0 Å². The summed E-state index contributed by atoms with van der Waals surface area (Å²) in [6.07, 6.45) is 3.10. The number of rotatable bonds is 15. The molecule has 10 heteroatoms. The number of carboxylic acid groups (broad SMARTS) is 1. The molecule has 1 atom stereocenters. The van der Waals surface area contributed by atoms with Crippen molar-refractivity contribution < 1.29 is 33.6 Å². The van der Waals surface area contributed by atoms with Gasteiger partial charge in [-0.2, -0.15) is 0 Å². The lowest BCUT2D eigenvalue weighted by molar-refractivity contribution is -0.142. The Morgan fingerprint density at radius 1 is 1.05 bits per heavy atom. The maximum atomic E-state index is 15.2. The molecule has 4 aromatic rings. The summed E-state index contributed by atoms with van der Waals surface area (Å²) in [6, 6.07) is 17.1. The number of ether oxygens (including phenoxy) is 3. The molecule has 3 aromatic carbocycles. The molecule has 1 aromatic heterocycles. The highest BCUT2D eigenvalue weighted by Crippen LogP contribution is 2.37. The van der Waals surface area contributed by atoms with Gasteiger partial charge in [0.25, 0.3) is 0 Å². The first kappa shape index (κ1) is 32.4. The van der Waals surface area contributed by atoms with Crippen molar-refractivity contribution in [3.63, 3.8) is 0 Å². The number of hydrogen-bond donors (Lipinski definition) is 2. The number of hydrogen-bond acceptors (Lipinski definition) is 7. The number of aliphatic carboxylic acids is 1. The Bertz CT molecular complexity index is 1610. The van der Waals surface area contributed by atoms with Crippen molar-refractivity contribution in [2.75, 3.05) is 13.7 Å². The molecule has 2 N–H and O–H groups in total. The van der Waals surface area contributed by atoms with Gasteiger partial charge in [0.1, 0.15) is 29.6 Å². The summed E-state index contributed by atoms with van der Waals surface area (Å²) in [4.78, 5) is 11.2. The first-order valence-corrected chi connectivity index (χ1v) is 14.1. The Morgan fingerprint density at radius 2 is 1.84 bits per heavy atom. The van der Waals surface area contributed by atoms with Crippen LogP contribution in [0.1, 0.15) is 49.6 Å². The maximum Gasteiger partial charge on any atom is 0.306 e. The molecule has 0 bridgehead atoms. The lowest BCUT2D eigenvalue weighted by Crippen LogP contribution is -2.26. The second kappa shape index (κ2) is 13.8. The van der Waals surface area contributed by atoms with Gasteiger partial charge in [-0.3, -0.25) is 4.79 Å². The highest BCUT2D eigenvalue weighted by Gasteiger charge is 2.28. The van der Waals surface area contributed by atoms with Gasteiger partial charge in [-0.1, -0.05) is 55.5 Å². The standard InChI is InChI=1S/C34H38FN3O6/c1-6-14-38-19-25(36-37-38)21-43-22-33(2,3)30-15-23(10-12-28(30)29-17-26(42-5)11-13-31(29)35)20-44-27-9-7-8-24(16-27)34(4,41)18-32(39)40/h6-13,15-17,19,41H,1,14,18,20-22H2,2-5H3,(H,39,40)/t34-/m0/s1. The van der Waals surface area contributed by atoms with Crippen LogP contribution in [0.25, 0.3) is 11.1 Å². The topological polar surface area (TPSA) is 116 Å². The van der Waals surface area contributed by atoms with Crippen LogP contribution in [-0.4, -0.2) is 44.9 Å². The van der Waals surface area contributed by atoms with Crippen LogP contribution >= 0.6 is 0 Å². The van der Waals surface area contributed by atoms with Crippen LogP contribution in [0.4, 0.5) is 4.39 Å². The monoisotopic (exact) mass is 603 g/mol. The molecule has 0 aliphatic heterocycles. The van der Waals surface area contributed by atoms with E-state index in [1.165, 1.54) is 20.1 Å². The molecule has 0 unspecified atom stereocenters. The number of allylic oxidation sites excluding steroid dienone is 1. The largest absolute Gasteiger partial charge is 0.497 e. The first-order chi connectivity index (χ1) is 20.9. The molecule has 0 amide bonds. The van der Waals surface area contributed by atoms with Gasteiger partial charge in [0.15, 0.2) is 0 Å². The Labute approximate surface area is 256 Å². The van der Waals surface area contributed by atoms with Crippen molar-refractivity contribution in [3.05, 3.63) is 108 Å². The molecule has 9 nitrogen and oxygen atoms in total. The Hall–Kier alpha value is -4.54. The summed E-state index contributed by atoms with van der Waals surface area (Å²) >= 11 is 0. The molecule has 44 heavy (non-hydrogen) atoms. The number of carbonyl (C=O) groups is 1. The minimum atomic E-state index is -1.55. The van der Waals surface area contributed by atoms with Crippen molar-refractivity contribution in [2.24, 2.45) is 0 Å². The average Bonchev–Trinajstić information content (AvgIpc) is 3.43. The third-order valence-electron chi connectivity index (χ3n) is 7.25. The van der Waals surface area contributed by atoms with Crippen LogP contribution in [-0.2, 0) is 40.3 Å². The van der Waals surface area contributed by atoms with E-state index < -0.39 is 23.4 Å². The zero-order chi connectivity index (χ0) is 31.9. The van der Waals surface area contributed by atoms with Crippen LogP contribution in [0.3, 0.4) is 0 Å². The number of nitrogens with zero attached hydrogens (tertiary/aromatic N) is 3. The fraction of sp³-hybridized carbons (Fsp3) is 0.324. The SMILES string of the molecule is C=CCn1cc(COCC(C)(C)c2cc(COc3cccc([C@@](C)(O)CC(=O)O)c3)ccc2-c2cc(OC)ccc2F)nn1. The summed E-state index contributed by atoms with van der Waals surface area (Å²) in [5, 5.41) is 28.0. The van der Waals surface area contributed by atoms with Crippen molar-refractivity contribution >= 4 is 5.97 Å². The van der Waals surface area contributed by atoms with Crippen LogP contribution in [0.15, 0.2) is 79.5 Å². The average molecular weight is 604 g/mol. The Morgan fingerprint density at radius 3 is 2.57 bits per heavy atom. The van der Waals surface area contributed by atoms with Crippen LogP contribution in [0.2, 0.25) is 0 Å². The molecular weight excluding hydrogens is 565 g/mol. The summed E-state index contributed by atoms with van der Waals surface area (Å²) in [5.41, 5.74) is 1.79. The van der Waals surface area contributed by atoms with Crippen molar-refractivity contribution in [1.29, 1.82) is 0 Å². The highest BCUT2D eigenvalue weighted by atomic mass is 19.1. The number of aromatic nitrogens is 3. The minimum Gasteiger partial charge on any atom is -0.497 e. The van der Waals surface area contributed by atoms with Crippen LogP contribution in [0, 0.1) is 5.82 Å². The molecule has 1 heterocycles. The molecule has 0 spiro atoms. The van der Waals surface area contributed by atoms with Gasteiger partial charge in [0.2, 0.25) is 0 Å². The van der Waals surface area contributed by atoms with E-state index in [0.29, 0.717) is 47.0 Å². The normalized spacial score (nSPS) is 12.9. The molecule has 232 valence electrons. The van der Waals surface area contributed by atoms with Gasteiger partial charge >= 0.3 is 5.97 Å². The molecule has 0 aliphatic carbocycles. The predicted molar refractivity (Wildman–Crippen MR) is 164 cm³/mol. The second-order valence-corrected chi connectivity index (χ2v) is 11.5. The van der Waals surface area contributed by atoms with E-state index in [4.69, 9.17) is 19.3 Å². The van der Waals surface area contributed by atoms with Gasteiger partial charge in [0, 0.05) is 11.0 Å². The number of halogens is 1. The second-order valence-electron chi connectivity index (χ2n) is 11.5. The molecule has 0 aliphatic rings. The molecule has 0 saturated heterocycles. The van der Waals surface area contributed by atoms with Gasteiger partial charge in [0.05, 0.1) is 45.1 Å². The lowest BCUT2D eigenvalue weighted by Gasteiger charge is -2.29. The predicted octanol–water partition coefficient (Wildman–Crippen LogP) is 6.03. The van der Waals surface area contributed by atoms with Crippen molar-refractivity contribution in [3.8, 4) is 22.6 Å². The fourth-order valence-corrected chi connectivity index (χ4v) is 4.91. The van der Waals surface area contributed by atoms with Crippen LogP contribution < -0.4 is 9.47 Å². The van der Waals surface area contributed by atoms with Crippen molar-refractivity contribution in [2.45, 2.75) is 58.0 Å². The third-order valence-corrected chi connectivity index (χ3v) is 7.25. The van der Waals surface area contributed by atoms with E-state index in [9.17, 15) is 9.90 Å². The lowest BCUT2D eigenvalue weighted by atomic mass is 9.79. The summed E-state index contributed by atoms with van der Waals surface area (Å²) in [7, 11) is 1.54. The van der Waals surface area contributed by atoms with E-state index >= 15 is 4.39 Å². The molecule has 0 radical (unpaired) electrons. The zero-order valence-electron chi connectivity index (χ0n) is 25.4. The smallest absolute Gasteiger partial charge is 0.306 e. The Kier molecular flexibility index (Phi) is 10.2. The van der Waals surface area contributed by atoms with E-state index in [1.54, 1.807) is 53.4 Å². The first-order valence-electron chi connectivity index (χ1n) is 14.1. The zero-order valence-corrected chi connectivity index (χ0v) is 25.4. The minimum absolute atomic E-state index is 0.182. The van der Waals surface area contributed by atoms with Gasteiger partial charge in [-0.15, -0.1) is 11.7 Å². The van der Waals surface area contributed by atoms with Gasteiger partial charge < -0.3 is 24.4 Å². The Balaban J connectivity index is 1.60. The summed E-state index contributed by atoms with van der Waals surface area (Å²) < 4.78 is 34.4. The van der Waals surface area contributed by atoms with E-state index in [2.05, 4.69) is 16.9 Å². The van der Waals surface area contributed by atoms with E-state index in [0.717, 1.165) is 11.1 Å². The number of carboxylic acids is 1. The fourth-order valence-electron chi connectivity index (χ4n) is 4.91. The van der Waals surface area contributed by atoms with Gasteiger partial charge in [-0.05, 0) is 59.5 Å². The number of benzene rings is 3. The molecule has 4 rings (SSSR count). The highest BCUT2D eigenvalue weighted by molar-refractivity contribution is 5.71. The maximum absolute atomic E-state index is 15.2. The molecular formula is C34H38FN3O6. The summed E-state index contributed by atoms with van der Waals surface area (Å²) in [5.74, 6) is -0.469. The number of aliphatic hydroxyl groups is 1. The van der Waals surface area contributed by atoms with Crippen molar-refractivity contribution in [1.82, 2.24) is 15.0 Å². The quantitative estimate of drug-likeness (QED) is 0.158. The molecule has 0 saturated carbocycles. The van der Waals surface area contributed by atoms with E-state index in [-0.39, 0.29) is 19.0 Å². The van der Waals surface area contributed by atoms with Gasteiger partial charge in [-0.25, -0.2) is 9.07 Å². The summed E-state index contributed by atoms with van der Waals surface area (Å²) in [6.45, 7) is 10.5. The third kappa shape index (κ3) is 8.09. The molecule has 0 fully saturated rings. The van der Waals surface area contributed by atoms with Crippen LogP contribution in [0.5, 0.6) is 11.5 Å². The number of methoxy groups -OCH3 is 1.